The summed E-state index contributed by atoms with van der Waals surface area (Å²) in [6.45, 7) is 7.49. The van der Waals surface area contributed by atoms with Gasteiger partial charge in [-0.3, -0.25) is 9.55 Å². The summed E-state index contributed by atoms with van der Waals surface area (Å²) in [5.74, 6) is 0. The zero-order valence-corrected chi connectivity index (χ0v) is 19.2. The average molecular weight is 490 g/mol. The van der Waals surface area contributed by atoms with Crippen molar-refractivity contribution < 1.29 is 4.79 Å². The molecule has 0 aliphatic rings. The van der Waals surface area contributed by atoms with E-state index >= 15 is 0 Å². The van der Waals surface area contributed by atoms with E-state index in [2.05, 4.69) is 38.9 Å². The number of nitriles is 1. The number of aromatic nitrogens is 3. The monoisotopic (exact) mass is 489 g/mol. The highest BCUT2D eigenvalue weighted by Crippen LogP contribution is 2.29. The van der Waals surface area contributed by atoms with Crippen LogP contribution in [0.25, 0.3) is 27.6 Å². The summed E-state index contributed by atoms with van der Waals surface area (Å²) < 4.78 is 3.41. The zero-order valence-electron chi connectivity index (χ0n) is 17.6. The molecule has 2 aromatic heterocycles. The second kappa shape index (κ2) is 8.09. The molecule has 0 fully saturated rings. The first-order chi connectivity index (χ1) is 15.3. The highest BCUT2D eigenvalue weighted by atomic mass is 79.9. The molecule has 0 unspecified atom stereocenters. The Bertz CT molecular complexity index is 1470. The predicted molar refractivity (Wildman–Crippen MR) is 128 cm³/mol. The van der Waals surface area contributed by atoms with Gasteiger partial charge in [-0.25, -0.2) is 14.2 Å². The van der Waals surface area contributed by atoms with Gasteiger partial charge < -0.3 is 5.32 Å². The number of imidazole rings is 1. The van der Waals surface area contributed by atoms with Gasteiger partial charge in [0, 0.05) is 16.4 Å². The van der Waals surface area contributed by atoms with Crippen LogP contribution in [0.3, 0.4) is 0 Å². The molecule has 0 bridgehead atoms. The van der Waals surface area contributed by atoms with Crippen LogP contribution in [-0.2, 0) is 5.41 Å². The highest BCUT2D eigenvalue weighted by molar-refractivity contribution is 9.10. The smallest absolute Gasteiger partial charge is 0.334 e. The number of benzene rings is 2. The van der Waals surface area contributed by atoms with Crippen LogP contribution in [0.2, 0.25) is 0 Å². The molecule has 0 saturated heterocycles. The molecule has 2 heterocycles. The van der Waals surface area contributed by atoms with E-state index < -0.39 is 17.1 Å². The summed E-state index contributed by atoms with van der Waals surface area (Å²) in [4.78, 5) is 30.8. The quantitative estimate of drug-likeness (QED) is 0.422. The molecule has 2 aromatic carbocycles. The zero-order chi connectivity index (χ0) is 23.0. The van der Waals surface area contributed by atoms with Crippen LogP contribution < -0.4 is 11.0 Å². The Balaban J connectivity index is 2.05. The molecule has 1 N–H and O–H groups in total. The fourth-order valence-electron chi connectivity index (χ4n) is 3.60. The van der Waals surface area contributed by atoms with Crippen LogP contribution in [0.1, 0.15) is 19.4 Å². The molecular weight excluding hydrogens is 470 g/mol. The minimum absolute atomic E-state index is 0.225. The number of rotatable bonds is 4. The van der Waals surface area contributed by atoms with Crippen molar-refractivity contribution >= 4 is 43.9 Å². The van der Waals surface area contributed by atoms with Crippen molar-refractivity contribution in [1.29, 1.82) is 5.26 Å². The number of nitrogens with zero attached hydrogens (tertiary/aromatic N) is 4. The maximum atomic E-state index is 13.5. The number of hydrogen-bond donors (Lipinski definition) is 1. The minimum Gasteiger partial charge on any atom is -0.334 e. The van der Waals surface area contributed by atoms with E-state index in [1.54, 1.807) is 18.2 Å². The Morgan fingerprint density at radius 1 is 1.28 bits per heavy atom. The molecule has 7 nitrogen and oxygen atoms in total. The Hall–Kier alpha value is -3.70. The molecule has 1 amide bonds. The number of fused-ring (bicyclic) bond motifs is 3. The van der Waals surface area contributed by atoms with E-state index in [0.29, 0.717) is 22.2 Å². The van der Waals surface area contributed by atoms with Crippen LogP contribution >= 0.6 is 15.9 Å². The summed E-state index contributed by atoms with van der Waals surface area (Å²) >= 11 is 3.48. The van der Waals surface area contributed by atoms with Crippen molar-refractivity contribution in [2.45, 2.75) is 19.3 Å². The third kappa shape index (κ3) is 3.51. The largest absolute Gasteiger partial charge is 0.342 e. The average Bonchev–Trinajstić information content (AvgIpc) is 3.09. The fraction of sp³-hybridized carbons (Fsp3) is 0.167. The van der Waals surface area contributed by atoms with E-state index in [1.807, 2.05) is 44.2 Å². The van der Waals surface area contributed by atoms with E-state index in [9.17, 15) is 14.9 Å². The first kappa shape index (κ1) is 21.5. The third-order valence-corrected chi connectivity index (χ3v) is 5.85. The van der Waals surface area contributed by atoms with Crippen LogP contribution in [0.4, 0.5) is 4.79 Å². The number of pyridine rings is 1. The molecule has 0 atom stereocenters. The lowest BCUT2D eigenvalue weighted by molar-refractivity contribution is 0.243. The van der Waals surface area contributed by atoms with Crippen molar-refractivity contribution in [1.82, 2.24) is 19.4 Å². The van der Waals surface area contributed by atoms with Gasteiger partial charge in [0.1, 0.15) is 0 Å². The van der Waals surface area contributed by atoms with Crippen LogP contribution in [0, 0.1) is 11.3 Å². The molecule has 4 rings (SSSR count). The van der Waals surface area contributed by atoms with Crippen LogP contribution in [0.15, 0.2) is 70.6 Å². The molecule has 0 radical (unpaired) electrons. The number of amides is 1. The second-order valence-electron chi connectivity index (χ2n) is 7.87. The standard InChI is InChI=1S/C24H20BrN5O2/c1-4-11-27-22(31)30-20-13-28-19-10-7-16(25)12-18(19)21(20)29(23(30)32)17-8-5-15(6-9-17)24(2,3)14-26/h4-10,12-13H,1,11H2,2-3H3,(H,27,31). The molecule has 8 heteroatoms. The topological polar surface area (TPSA) is 92.7 Å². The molecule has 0 aliphatic carbocycles. The molecule has 160 valence electrons. The third-order valence-electron chi connectivity index (χ3n) is 5.36. The van der Waals surface area contributed by atoms with Gasteiger partial charge in [-0.2, -0.15) is 5.26 Å². The Morgan fingerprint density at radius 3 is 2.66 bits per heavy atom. The Labute approximate surface area is 192 Å². The normalized spacial score (nSPS) is 11.4. The minimum atomic E-state index is -0.663. The second-order valence-corrected chi connectivity index (χ2v) is 8.78. The summed E-state index contributed by atoms with van der Waals surface area (Å²) in [6.07, 6.45) is 3.08. The maximum absolute atomic E-state index is 13.5. The number of halogens is 1. The summed E-state index contributed by atoms with van der Waals surface area (Å²) in [7, 11) is 0. The van der Waals surface area contributed by atoms with Gasteiger partial charge in [-0.15, -0.1) is 6.58 Å². The van der Waals surface area contributed by atoms with Crippen molar-refractivity contribution in [3.63, 3.8) is 0 Å². The number of carbonyl (C=O) groups excluding carboxylic acids is 1. The SMILES string of the molecule is C=CCNC(=O)n1c(=O)n(-c2ccc(C(C)(C)C#N)cc2)c2c3cc(Br)ccc3ncc21. The summed E-state index contributed by atoms with van der Waals surface area (Å²) in [6, 6.07) is 14.5. The van der Waals surface area contributed by atoms with E-state index in [0.717, 1.165) is 20.0 Å². The van der Waals surface area contributed by atoms with Crippen LogP contribution in [-0.4, -0.2) is 26.7 Å². The number of hydrogen-bond acceptors (Lipinski definition) is 4. The Kier molecular flexibility index (Phi) is 5.45. The van der Waals surface area contributed by atoms with Crippen molar-refractivity contribution in [3.8, 4) is 11.8 Å². The molecule has 32 heavy (non-hydrogen) atoms. The van der Waals surface area contributed by atoms with E-state index in [4.69, 9.17) is 0 Å². The lowest BCUT2D eigenvalue weighted by Crippen LogP contribution is -2.36. The van der Waals surface area contributed by atoms with E-state index in [1.165, 1.54) is 10.8 Å². The predicted octanol–water partition coefficient (Wildman–Crippen LogP) is 4.65. The molecular formula is C24H20BrN5O2. The molecule has 4 aromatic rings. The van der Waals surface area contributed by atoms with Gasteiger partial charge >= 0.3 is 11.7 Å². The summed E-state index contributed by atoms with van der Waals surface area (Å²) in [5, 5.41) is 12.8. The van der Waals surface area contributed by atoms with Gasteiger partial charge in [0.2, 0.25) is 0 Å². The molecule has 0 aliphatic heterocycles. The maximum Gasteiger partial charge on any atom is 0.342 e. The first-order valence-corrected chi connectivity index (χ1v) is 10.7. The lowest BCUT2D eigenvalue weighted by atomic mass is 9.86. The lowest BCUT2D eigenvalue weighted by Gasteiger charge is -2.16. The van der Waals surface area contributed by atoms with Crippen molar-refractivity contribution in [2.75, 3.05) is 6.54 Å². The van der Waals surface area contributed by atoms with Gasteiger partial charge in [0.05, 0.1) is 39.9 Å². The fourth-order valence-corrected chi connectivity index (χ4v) is 3.96. The number of nitrogens with one attached hydrogen (secondary N) is 1. The Morgan fingerprint density at radius 2 is 2.00 bits per heavy atom. The highest BCUT2D eigenvalue weighted by Gasteiger charge is 2.23. The van der Waals surface area contributed by atoms with Gasteiger partial charge in [0.25, 0.3) is 0 Å². The van der Waals surface area contributed by atoms with E-state index in [-0.39, 0.29) is 6.54 Å². The summed E-state index contributed by atoms with van der Waals surface area (Å²) in [5.41, 5.74) is 1.90. The first-order valence-electron chi connectivity index (χ1n) is 9.91. The van der Waals surface area contributed by atoms with Crippen molar-refractivity contribution in [2.24, 2.45) is 0 Å². The van der Waals surface area contributed by atoms with Gasteiger partial charge in [-0.05, 0) is 49.7 Å². The molecule has 0 saturated carbocycles. The van der Waals surface area contributed by atoms with Gasteiger partial charge in [-0.1, -0.05) is 34.1 Å². The van der Waals surface area contributed by atoms with Gasteiger partial charge in [0.15, 0.2) is 0 Å². The molecule has 0 spiro atoms. The number of carbonyl (C=O) groups is 1. The van der Waals surface area contributed by atoms with Crippen molar-refractivity contribution in [3.05, 3.63) is 81.8 Å². The van der Waals surface area contributed by atoms with Crippen LogP contribution in [0.5, 0.6) is 0 Å².